The molecule has 0 fully saturated rings. The Hall–Kier alpha value is -2.58. The molecule has 0 aliphatic rings. The SMILES string of the molecule is COC(=O)N(C)NC(=O)Nc1cc(F)c(F)cc1OC. The Morgan fingerprint density at radius 3 is 2.35 bits per heavy atom. The summed E-state index contributed by atoms with van der Waals surface area (Å²) < 4.78 is 35.3. The van der Waals surface area contributed by atoms with Crippen molar-refractivity contribution in [3.63, 3.8) is 0 Å². The quantitative estimate of drug-likeness (QED) is 0.812. The number of ether oxygens (including phenoxy) is 2. The van der Waals surface area contributed by atoms with Crippen molar-refractivity contribution in [3.05, 3.63) is 23.8 Å². The van der Waals surface area contributed by atoms with Gasteiger partial charge in [-0.3, -0.25) is 0 Å². The summed E-state index contributed by atoms with van der Waals surface area (Å²) in [5.74, 6) is -2.33. The molecule has 0 spiro atoms. The molecule has 0 radical (unpaired) electrons. The van der Waals surface area contributed by atoms with E-state index >= 15 is 0 Å². The molecule has 0 bridgehead atoms. The number of anilines is 1. The van der Waals surface area contributed by atoms with Crippen LogP contribution >= 0.6 is 0 Å². The zero-order chi connectivity index (χ0) is 15.3. The third-order valence-corrected chi connectivity index (χ3v) is 2.21. The van der Waals surface area contributed by atoms with Crippen LogP contribution in [0.3, 0.4) is 0 Å². The number of carbonyl (C=O) groups is 2. The van der Waals surface area contributed by atoms with Gasteiger partial charge in [0.05, 0.1) is 19.9 Å². The van der Waals surface area contributed by atoms with Crippen LogP contribution in [-0.2, 0) is 4.74 Å². The van der Waals surface area contributed by atoms with Crippen LogP contribution in [0.15, 0.2) is 12.1 Å². The summed E-state index contributed by atoms with van der Waals surface area (Å²) in [6, 6.07) is 0.683. The number of nitrogens with zero attached hydrogens (tertiary/aromatic N) is 1. The van der Waals surface area contributed by atoms with Crippen molar-refractivity contribution >= 4 is 17.8 Å². The number of hydrazine groups is 1. The van der Waals surface area contributed by atoms with Crippen LogP contribution < -0.4 is 15.5 Å². The summed E-state index contributed by atoms with van der Waals surface area (Å²) in [4.78, 5) is 22.6. The summed E-state index contributed by atoms with van der Waals surface area (Å²) in [5.41, 5.74) is 2.01. The van der Waals surface area contributed by atoms with Gasteiger partial charge in [0.15, 0.2) is 11.6 Å². The van der Waals surface area contributed by atoms with E-state index in [0.717, 1.165) is 24.3 Å². The highest BCUT2D eigenvalue weighted by molar-refractivity contribution is 5.91. The first-order valence-corrected chi connectivity index (χ1v) is 5.31. The number of benzene rings is 1. The second-order valence-electron chi connectivity index (χ2n) is 3.56. The maximum Gasteiger partial charge on any atom is 0.428 e. The van der Waals surface area contributed by atoms with Crippen LogP contribution in [-0.4, -0.2) is 38.4 Å². The topological polar surface area (TPSA) is 79.9 Å². The fourth-order valence-corrected chi connectivity index (χ4v) is 1.28. The molecule has 0 saturated heterocycles. The van der Waals surface area contributed by atoms with Gasteiger partial charge in [0.25, 0.3) is 0 Å². The molecule has 1 rings (SSSR count). The first kappa shape index (κ1) is 15.5. The highest BCUT2D eigenvalue weighted by Gasteiger charge is 2.15. The van der Waals surface area contributed by atoms with Crippen LogP contribution in [0.4, 0.5) is 24.1 Å². The van der Waals surface area contributed by atoms with E-state index in [4.69, 9.17) is 4.74 Å². The summed E-state index contributed by atoms with van der Waals surface area (Å²) in [6.45, 7) is 0. The molecule has 7 nitrogen and oxygen atoms in total. The lowest BCUT2D eigenvalue weighted by molar-refractivity contribution is 0.119. The molecule has 0 aromatic heterocycles. The highest BCUT2D eigenvalue weighted by atomic mass is 19.2. The fraction of sp³-hybridized carbons (Fsp3) is 0.273. The average molecular weight is 289 g/mol. The smallest absolute Gasteiger partial charge is 0.428 e. The highest BCUT2D eigenvalue weighted by Crippen LogP contribution is 2.26. The van der Waals surface area contributed by atoms with E-state index < -0.39 is 23.8 Å². The molecule has 1 aromatic rings. The van der Waals surface area contributed by atoms with Gasteiger partial charge in [0.1, 0.15) is 5.75 Å². The van der Waals surface area contributed by atoms with Gasteiger partial charge in [0.2, 0.25) is 0 Å². The average Bonchev–Trinajstić information content (AvgIpc) is 2.41. The van der Waals surface area contributed by atoms with E-state index in [2.05, 4.69) is 15.5 Å². The molecular weight excluding hydrogens is 276 g/mol. The van der Waals surface area contributed by atoms with E-state index in [1.165, 1.54) is 14.2 Å². The number of rotatable bonds is 2. The third kappa shape index (κ3) is 3.70. The van der Waals surface area contributed by atoms with Crippen LogP contribution in [0, 0.1) is 11.6 Å². The lowest BCUT2D eigenvalue weighted by Gasteiger charge is -2.17. The molecule has 0 heterocycles. The van der Waals surface area contributed by atoms with Gasteiger partial charge in [-0.05, 0) is 0 Å². The number of hydrogen-bond donors (Lipinski definition) is 2. The second-order valence-corrected chi connectivity index (χ2v) is 3.56. The van der Waals surface area contributed by atoms with Gasteiger partial charge in [-0.2, -0.15) is 0 Å². The maximum absolute atomic E-state index is 13.1. The number of urea groups is 1. The van der Waals surface area contributed by atoms with Gasteiger partial charge in [-0.25, -0.2) is 28.8 Å². The Morgan fingerprint density at radius 2 is 1.80 bits per heavy atom. The zero-order valence-corrected chi connectivity index (χ0v) is 11.0. The minimum Gasteiger partial charge on any atom is -0.494 e. The minimum absolute atomic E-state index is 0.0697. The predicted molar refractivity (Wildman–Crippen MR) is 65.2 cm³/mol. The van der Waals surface area contributed by atoms with E-state index in [1.54, 1.807) is 0 Å². The summed E-state index contributed by atoms with van der Waals surface area (Å²) in [6.07, 6.45) is -0.808. The van der Waals surface area contributed by atoms with Gasteiger partial charge in [-0.15, -0.1) is 0 Å². The normalized spacial score (nSPS) is 9.65. The Balaban J connectivity index is 2.80. The van der Waals surface area contributed by atoms with Crippen LogP contribution in [0.2, 0.25) is 0 Å². The number of nitrogens with one attached hydrogen (secondary N) is 2. The lowest BCUT2D eigenvalue weighted by Crippen LogP contribution is -2.45. The van der Waals surface area contributed by atoms with Gasteiger partial charge in [0, 0.05) is 19.2 Å². The molecule has 9 heteroatoms. The first-order valence-electron chi connectivity index (χ1n) is 5.31. The summed E-state index contributed by atoms with van der Waals surface area (Å²) >= 11 is 0. The van der Waals surface area contributed by atoms with Gasteiger partial charge >= 0.3 is 12.1 Å². The van der Waals surface area contributed by atoms with Crippen molar-refractivity contribution in [2.45, 2.75) is 0 Å². The Morgan fingerprint density at radius 1 is 1.20 bits per heavy atom. The van der Waals surface area contributed by atoms with E-state index in [9.17, 15) is 18.4 Å². The fourth-order valence-electron chi connectivity index (χ4n) is 1.28. The number of methoxy groups -OCH3 is 2. The van der Waals surface area contributed by atoms with E-state index in [1.807, 2.05) is 0 Å². The minimum atomic E-state index is -1.15. The van der Waals surface area contributed by atoms with Gasteiger partial charge < -0.3 is 14.8 Å². The van der Waals surface area contributed by atoms with Crippen molar-refractivity contribution in [3.8, 4) is 5.75 Å². The van der Waals surface area contributed by atoms with Crippen molar-refractivity contribution in [2.24, 2.45) is 0 Å². The van der Waals surface area contributed by atoms with Crippen molar-refractivity contribution < 1.29 is 27.8 Å². The monoisotopic (exact) mass is 289 g/mol. The summed E-state index contributed by atoms with van der Waals surface area (Å²) in [5, 5.41) is 2.97. The molecule has 0 saturated carbocycles. The molecule has 20 heavy (non-hydrogen) atoms. The Labute approximate surface area is 113 Å². The number of amides is 3. The van der Waals surface area contributed by atoms with Crippen LogP contribution in [0.5, 0.6) is 5.75 Å². The van der Waals surface area contributed by atoms with Gasteiger partial charge in [-0.1, -0.05) is 0 Å². The molecule has 2 N–H and O–H groups in total. The molecular formula is C11H13F2N3O4. The molecule has 0 aliphatic heterocycles. The molecule has 0 atom stereocenters. The Bertz CT molecular complexity index is 525. The van der Waals surface area contributed by atoms with Crippen LogP contribution in [0.25, 0.3) is 0 Å². The molecule has 0 unspecified atom stereocenters. The van der Waals surface area contributed by atoms with Crippen molar-refractivity contribution in [1.82, 2.24) is 10.4 Å². The number of halogens is 2. The number of carbonyl (C=O) groups excluding carboxylic acids is 2. The number of hydrogen-bond acceptors (Lipinski definition) is 4. The molecule has 110 valence electrons. The lowest BCUT2D eigenvalue weighted by atomic mass is 10.2. The van der Waals surface area contributed by atoms with Crippen molar-refractivity contribution in [2.75, 3.05) is 26.6 Å². The van der Waals surface area contributed by atoms with Crippen LogP contribution in [0.1, 0.15) is 0 Å². The largest absolute Gasteiger partial charge is 0.494 e. The zero-order valence-electron chi connectivity index (χ0n) is 11.0. The van der Waals surface area contributed by atoms with Crippen molar-refractivity contribution in [1.29, 1.82) is 0 Å². The third-order valence-electron chi connectivity index (χ3n) is 2.21. The second kappa shape index (κ2) is 6.55. The van der Waals surface area contributed by atoms with E-state index in [0.29, 0.717) is 0 Å². The maximum atomic E-state index is 13.1. The Kier molecular flexibility index (Phi) is 5.07. The standard InChI is InChI=1S/C11H13F2N3O4/c1-16(11(18)20-3)15-10(17)14-8-4-6(12)7(13)5-9(8)19-2/h4-5H,1-3H3,(H2,14,15,17). The molecule has 1 aromatic carbocycles. The first-order chi connectivity index (χ1) is 9.38. The molecule has 0 aliphatic carbocycles. The summed E-state index contributed by atoms with van der Waals surface area (Å²) in [7, 11) is 3.61. The van der Waals surface area contributed by atoms with E-state index in [-0.39, 0.29) is 11.4 Å². The molecule has 3 amide bonds. The predicted octanol–water partition coefficient (Wildman–Crippen LogP) is 1.71.